The van der Waals surface area contributed by atoms with Gasteiger partial charge in [-0.3, -0.25) is 9.59 Å². The van der Waals surface area contributed by atoms with E-state index < -0.39 is 11.8 Å². The number of rotatable bonds is 2. The predicted molar refractivity (Wildman–Crippen MR) is 93.2 cm³/mol. The lowest BCUT2D eigenvalue weighted by Gasteiger charge is -2.10. The molecule has 25 heavy (non-hydrogen) atoms. The molecule has 2 amide bonds. The summed E-state index contributed by atoms with van der Waals surface area (Å²) in [6, 6.07) is 11.1. The minimum absolute atomic E-state index is 0.249. The van der Waals surface area contributed by atoms with E-state index in [-0.39, 0.29) is 17.1 Å². The van der Waals surface area contributed by atoms with Gasteiger partial charge >= 0.3 is 0 Å². The zero-order valence-corrected chi connectivity index (χ0v) is 13.7. The molecular formula is C19H16N2O4. The molecule has 0 bridgehead atoms. The number of carbonyl (C=O) groups excluding carboxylic acids is 2. The third-order valence-electron chi connectivity index (χ3n) is 3.86. The molecule has 2 aromatic carbocycles. The average molecular weight is 336 g/mol. The van der Waals surface area contributed by atoms with Crippen LogP contribution in [-0.2, 0) is 4.79 Å². The summed E-state index contributed by atoms with van der Waals surface area (Å²) in [6.07, 6.45) is 1.52. The van der Waals surface area contributed by atoms with Gasteiger partial charge in [0.15, 0.2) is 11.5 Å². The van der Waals surface area contributed by atoms with Crippen LogP contribution in [0, 0.1) is 6.92 Å². The summed E-state index contributed by atoms with van der Waals surface area (Å²) in [6.45, 7) is 3.54. The number of imide groups is 1. The van der Waals surface area contributed by atoms with Gasteiger partial charge in [-0.25, -0.2) is 0 Å². The number of aromatic hydroxyl groups is 2. The maximum absolute atomic E-state index is 12.6. The van der Waals surface area contributed by atoms with Crippen LogP contribution in [0.1, 0.15) is 28.4 Å². The van der Waals surface area contributed by atoms with Crippen LogP contribution in [0.25, 0.3) is 6.08 Å². The number of carbonyl (C=O) groups is 2. The molecule has 0 saturated heterocycles. The maximum Gasteiger partial charge on any atom is 0.283 e. The summed E-state index contributed by atoms with van der Waals surface area (Å²) in [5.41, 5.74) is 2.55. The molecule has 3 rings (SSSR count). The molecule has 1 aliphatic heterocycles. The molecule has 0 aromatic heterocycles. The Bertz CT molecular complexity index is 927. The van der Waals surface area contributed by atoms with Gasteiger partial charge in [0.1, 0.15) is 0 Å². The monoisotopic (exact) mass is 336 g/mol. The zero-order valence-electron chi connectivity index (χ0n) is 13.7. The van der Waals surface area contributed by atoms with E-state index in [1.807, 2.05) is 6.92 Å². The van der Waals surface area contributed by atoms with Gasteiger partial charge in [0.05, 0.1) is 11.3 Å². The molecule has 2 N–H and O–H groups in total. The fraction of sp³-hybridized carbons (Fsp3) is 0.105. The topological polar surface area (TPSA) is 90.2 Å². The van der Waals surface area contributed by atoms with Crippen molar-refractivity contribution in [1.29, 1.82) is 0 Å². The highest BCUT2D eigenvalue weighted by atomic mass is 16.3. The first-order valence-electron chi connectivity index (χ1n) is 7.61. The first kappa shape index (κ1) is 16.4. The molecule has 0 radical (unpaired) electrons. The van der Waals surface area contributed by atoms with Crippen molar-refractivity contribution in [1.82, 2.24) is 5.01 Å². The van der Waals surface area contributed by atoms with Crippen molar-refractivity contribution in [2.45, 2.75) is 13.8 Å². The van der Waals surface area contributed by atoms with Crippen LogP contribution in [0.5, 0.6) is 11.5 Å². The van der Waals surface area contributed by atoms with Crippen LogP contribution >= 0.6 is 0 Å². The predicted octanol–water partition coefficient (Wildman–Crippen LogP) is 2.85. The van der Waals surface area contributed by atoms with Gasteiger partial charge < -0.3 is 10.2 Å². The number of phenols is 2. The largest absolute Gasteiger partial charge is 0.504 e. The number of hydrogen-bond acceptors (Lipinski definition) is 5. The van der Waals surface area contributed by atoms with E-state index in [9.17, 15) is 19.8 Å². The fourth-order valence-electron chi connectivity index (χ4n) is 2.44. The van der Waals surface area contributed by atoms with Crippen molar-refractivity contribution < 1.29 is 19.8 Å². The lowest BCUT2D eigenvalue weighted by molar-refractivity contribution is -0.123. The molecule has 6 heteroatoms. The Morgan fingerprint density at radius 2 is 1.72 bits per heavy atom. The first-order valence-corrected chi connectivity index (χ1v) is 7.61. The first-order chi connectivity index (χ1) is 11.9. The minimum Gasteiger partial charge on any atom is -0.504 e. The van der Waals surface area contributed by atoms with Crippen LogP contribution in [0.15, 0.2) is 53.1 Å². The van der Waals surface area contributed by atoms with Crippen molar-refractivity contribution in [3.63, 3.8) is 0 Å². The maximum atomic E-state index is 12.6. The van der Waals surface area contributed by atoms with Gasteiger partial charge in [0.2, 0.25) is 0 Å². The summed E-state index contributed by atoms with van der Waals surface area (Å²) in [5.74, 6) is -1.57. The summed E-state index contributed by atoms with van der Waals surface area (Å²) in [5, 5.41) is 23.8. The van der Waals surface area contributed by atoms with Crippen molar-refractivity contribution in [3.8, 4) is 11.5 Å². The van der Waals surface area contributed by atoms with Gasteiger partial charge in [-0.05, 0) is 49.8 Å². The summed E-state index contributed by atoms with van der Waals surface area (Å²) in [4.78, 5) is 25.1. The number of amides is 2. The van der Waals surface area contributed by atoms with E-state index in [0.717, 1.165) is 10.6 Å². The molecule has 2 aromatic rings. The lowest BCUT2D eigenvalue weighted by Crippen LogP contribution is -2.29. The number of benzene rings is 2. The number of aryl methyl sites for hydroxylation is 1. The van der Waals surface area contributed by atoms with Gasteiger partial charge in [-0.15, -0.1) is 0 Å². The van der Waals surface area contributed by atoms with E-state index in [1.54, 1.807) is 37.3 Å². The number of nitrogens with zero attached hydrogens (tertiary/aromatic N) is 2. The molecule has 0 aliphatic carbocycles. The van der Waals surface area contributed by atoms with Crippen LogP contribution < -0.4 is 0 Å². The standard InChI is InChI=1S/C19H16N2O4/c1-11-3-6-14(7-4-11)18(24)21-19(25)15(12(2)20-21)9-13-5-8-16(22)17(23)10-13/h3-10,22-23H,1-2H3/b15-9+. The summed E-state index contributed by atoms with van der Waals surface area (Å²) >= 11 is 0. The van der Waals surface area contributed by atoms with E-state index in [4.69, 9.17) is 0 Å². The van der Waals surface area contributed by atoms with E-state index in [1.165, 1.54) is 18.2 Å². The second-order valence-electron chi connectivity index (χ2n) is 5.78. The van der Waals surface area contributed by atoms with Crippen LogP contribution in [0.4, 0.5) is 0 Å². The molecule has 126 valence electrons. The third-order valence-corrected chi connectivity index (χ3v) is 3.86. The van der Waals surface area contributed by atoms with Gasteiger partial charge in [0.25, 0.3) is 11.8 Å². The smallest absolute Gasteiger partial charge is 0.283 e. The Morgan fingerprint density at radius 1 is 1.04 bits per heavy atom. The van der Waals surface area contributed by atoms with Crippen LogP contribution in [-0.4, -0.2) is 32.7 Å². The highest BCUT2D eigenvalue weighted by Crippen LogP contribution is 2.27. The quantitative estimate of drug-likeness (QED) is 0.501. The molecule has 0 fully saturated rings. The molecular weight excluding hydrogens is 320 g/mol. The third kappa shape index (κ3) is 3.14. The highest BCUT2D eigenvalue weighted by molar-refractivity contribution is 6.30. The van der Waals surface area contributed by atoms with Gasteiger partial charge in [0, 0.05) is 5.56 Å². The van der Waals surface area contributed by atoms with Gasteiger partial charge in [-0.2, -0.15) is 10.1 Å². The van der Waals surface area contributed by atoms with Crippen LogP contribution in [0.2, 0.25) is 0 Å². The zero-order chi connectivity index (χ0) is 18.1. The number of hydrazone groups is 1. The molecule has 0 unspecified atom stereocenters. The second kappa shape index (κ2) is 6.24. The molecule has 1 aliphatic rings. The summed E-state index contributed by atoms with van der Waals surface area (Å²) < 4.78 is 0. The Labute approximate surface area is 144 Å². The molecule has 0 spiro atoms. The molecule has 0 atom stereocenters. The molecule has 6 nitrogen and oxygen atoms in total. The number of hydrogen-bond donors (Lipinski definition) is 2. The Kier molecular flexibility index (Phi) is 4.10. The van der Waals surface area contributed by atoms with Gasteiger partial charge in [-0.1, -0.05) is 23.8 Å². The van der Waals surface area contributed by atoms with E-state index in [0.29, 0.717) is 16.8 Å². The van der Waals surface area contributed by atoms with Crippen molar-refractivity contribution in [2.24, 2.45) is 5.10 Å². The Morgan fingerprint density at radius 3 is 2.36 bits per heavy atom. The van der Waals surface area contributed by atoms with Crippen LogP contribution in [0.3, 0.4) is 0 Å². The minimum atomic E-state index is -0.532. The van der Waals surface area contributed by atoms with Crippen molar-refractivity contribution in [3.05, 3.63) is 64.7 Å². The fourth-order valence-corrected chi connectivity index (χ4v) is 2.44. The van der Waals surface area contributed by atoms with Crippen molar-refractivity contribution in [2.75, 3.05) is 0 Å². The molecule has 1 heterocycles. The highest BCUT2D eigenvalue weighted by Gasteiger charge is 2.32. The Balaban J connectivity index is 1.90. The number of phenolic OH excluding ortho intramolecular Hbond substituents is 2. The SMILES string of the molecule is CC1=NN(C(=O)c2ccc(C)cc2)C(=O)/C1=C/c1ccc(O)c(O)c1. The van der Waals surface area contributed by atoms with Crippen molar-refractivity contribution >= 4 is 23.6 Å². The Hall–Kier alpha value is -3.41. The second-order valence-corrected chi connectivity index (χ2v) is 5.78. The summed E-state index contributed by atoms with van der Waals surface area (Å²) in [7, 11) is 0. The van der Waals surface area contributed by atoms with E-state index >= 15 is 0 Å². The lowest BCUT2D eigenvalue weighted by atomic mass is 10.1. The normalized spacial score (nSPS) is 15.6. The average Bonchev–Trinajstić information content (AvgIpc) is 2.86. The van der Waals surface area contributed by atoms with E-state index in [2.05, 4.69) is 5.10 Å². The molecule has 0 saturated carbocycles.